The van der Waals surface area contributed by atoms with Crippen molar-refractivity contribution in [3.05, 3.63) is 28.2 Å². The van der Waals surface area contributed by atoms with Crippen LogP contribution in [0.1, 0.15) is 24.3 Å². The maximum absolute atomic E-state index is 10.9. The fraction of sp³-hybridized carbons (Fsp3) is 0.462. The molecule has 1 fully saturated rings. The van der Waals surface area contributed by atoms with Crippen LogP contribution in [0.2, 0.25) is 0 Å². The molecular formula is C13H17BrN2O2. The zero-order valence-corrected chi connectivity index (χ0v) is 11.9. The van der Waals surface area contributed by atoms with E-state index in [-0.39, 0.29) is 0 Å². The number of hydrogen-bond acceptors (Lipinski definition) is 3. The van der Waals surface area contributed by atoms with Gasteiger partial charge in [-0.1, -0.05) is 15.9 Å². The van der Waals surface area contributed by atoms with Crippen LogP contribution in [0.25, 0.3) is 0 Å². The SMILES string of the molecule is CN1CCCC(c2cc(Br)ccc2OC(N)=O)C1. The van der Waals surface area contributed by atoms with Crippen molar-refractivity contribution in [2.24, 2.45) is 5.73 Å². The largest absolute Gasteiger partial charge is 0.410 e. The van der Waals surface area contributed by atoms with Gasteiger partial charge in [-0.2, -0.15) is 0 Å². The van der Waals surface area contributed by atoms with Gasteiger partial charge in [0.2, 0.25) is 0 Å². The lowest BCUT2D eigenvalue weighted by atomic mass is 9.90. The minimum Gasteiger partial charge on any atom is -0.410 e. The highest BCUT2D eigenvalue weighted by molar-refractivity contribution is 9.10. The lowest BCUT2D eigenvalue weighted by molar-refractivity contribution is 0.208. The molecule has 4 nitrogen and oxygen atoms in total. The van der Waals surface area contributed by atoms with E-state index in [2.05, 4.69) is 27.9 Å². The number of carbonyl (C=O) groups is 1. The molecule has 98 valence electrons. The van der Waals surface area contributed by atoms with Crippen LogP contribution >= 0.6 is 15.9 Å². The molecule has 1 aromatic rings. The first-order valence-electron chi connectivity index (χ1n) is 6.01. The van der Waals surface area contributed by atoms with Crippen LogP contribution in [0, 0.1) is 0 Å². The van der Waals surface area contributed by atoms with Gasteiger partial charge in [0.15, 0.2) is 0 Å². The van der Waals surface area contributed by atoms with E-state index in [0.717, 1.165) is 36.0 Å². The Bertz CT molecular complexity index is 451. The van der Waals surface area contributed by atoms with E-state index in [1.807, 2.05) is 12.1 Å². The van der Waals surface area contributed by atoms with Crippen molar-refractivity contribution in [1.82, 2.24) is 4.90 Å². The molecule has 1 aliphatic heterocycles. The maximum atomic E-state index is 10.9. The summed E-state index contributed by atoms with van der Waals surface area (Å²) in [6.07, 6.45) is 1.50. The van der Waals surface area contributed by atoms with E-state index < -0.39 is 6.09 Å². The molecule has 5 heteroatoms. The van der Waals surface area contributed by atoms with Gasteiger partial charge in [0.05, 0.1) is 0 Å². The molecule has 0 aliphatic carbocycles. The Morgan fingerprint density at radius 3 is 3.00 bits per heavy atom. The van der Waals surface area contributed by atoms with Gasteiger partial charge >= 0.3 is 6.09 Å². The number of likely N-dealkylation sites (tertiary alicyclic amines) is 1. The standard InChI is InChI=1S/C13H17BrN2O2/c1-16-6-2-3-9(8-16)11-7-10(14)4-5-12(11)18-13(15)17/h4-5,7,9H,2-3,6,8H2,1H3,(H2,15,17). The number of hydrogen-bond donors (Lipinski definition) is 1. The number of nitrogens with zero attached hydrogens (tertiary/aromatic N) is 1. The molecule has 1 unspecified atom stereocenters. The molecule has 1 amide bonds. The zero-order valence-electron chi connectivity index (χ0n) is 10.4. The summed E-state index contributed by atoms with van der Waals surface area (Å²) in [5.41, 5.74) is 6.16. The number of nitrogens with two attached hydrogens (primary N) is 1. The Balaban J connectivity index is 2.28. The van der Waals surface area contributed by atoms with E-state index in [0.29, 0.717) is 11.7 Å². The van der Waals surface area contributed by atoms with Crippen LogP contribution in [-0.2, 0) is 0 Å². The number of benzene rings is 1. The molecule has 2 rings (SSSR count). The molecule has 1 saturated heterocycles. The molecule has 2 N–H and O–H groups in total. The number of piperidine rings is 1. The second-order valence-corrected chi connectivity index (χ2v) is 5.62. The van der Waals surface area contributed by atoms with Gasteiger partial charge in [-0.25, -0.2) is 4.79 Å². The first-order chi connectivity index (χ1) is 8.56. The number of ether oxygens (including phenoxy) is 1. The van der Waals surface area contributed by atoms with Gasteiger partial charge in [0.1, 0.15) is 5.75 Å². The van der Waals surface area contributed by atoms with Crippen molar-refractivity contribution < 1.29 is 9.53 Å². The first kappa shape index (κ1) is 13.4. The predicted molar refractivity (Wildman–Crippen MR) is 73.8 cm³/mol. The molecule has 1 aromatic carbocycles. The highest BCUT2D eigenvalue weighted by Crippen LogP contribution is 2.34. The maximum Gasteiger partial charge on any atom is 0.409 e. The highest BCUT2D eigenvalue weighted by Gasteiger charge is 2.22. The molecule has 0 bridgehead atoms. The summed E-state index contributed by atoms with van der Waals surface area (Å²) in [6.45, 7) is 2.10. The Hall–Kier alpha value is -1.07. The van der Waals surface area contributed by atoms with Crippen LogP contribution < -0.4 is 10.5 Å². The van der Waals surface area contributed by atoms with Crippen molar-refractivity contribution in [3.63, 3.8) is 0 Å². The van der Waals surface area contributed by atoms with E-state index in [1.165, 1.54) is 0 Å². The summed E-state index contributed by atoms with van der Waals surface area (Å²) in [5, 5.41) is 0. The van der Waals surface area contributed by atoms with Crippen LogP contribution in [0.5, 0.6) is 5.75 Å². The van der Waals surface area contributed by atoms with Gasteiger partial charge in [0.25, 0.3) is 0 Å². The van der Waals surface area contributed by atoms with Crippen LogP contribution in [0.3, 0.4) is 0 Å². The van der Waals surface area contributed by atoms with Crippen LogP contribution in [-0.4, -0.2) is 31.1 Å². The van der Waals surface area contributed by atoms with Crippen molar-refractivity contribution >= 4 is 22.0 Å². The molecule has 1 aliphatic rings. The van der Waals surface area contributed by atoms with E-state index in [1.54, 1.807) is 6.07 Å². The average Bonchev–Trinajstić information content (AvgIpc) is 2.31. The minimum atomic E-state index is -0.761. The van der Waals surface area contributed by atoms with Crippen molar-refractivity contribution in [2.45, 2.75) is 18.8 Å². The summed E-state index contributed by atoms with van der Waals surface area (Å²) in [4.78, 5) is 13.2. The van der Waals surface area contributed by atoms with Gasteiger partial charge in [0, 0.05) is 22.5 Å². The molecule has 1 atom stereocenters. The van der Waals surface area contributed by atoms with Gasteiger partial charge in [-0.15, -0.1) is 0 Å². The van der Waals surface area contributed by atoms with E-state index in [4.69, 9.17) is 10.5 Å². The lowest BCUT2D eigenvalue weighted by Gasteiger charge is -2.30. The van der Waals surface area contributed by atoms with Gasteiger partial charge in [-0.05, 0) is 44.6 Å². The third kappa shape index (κ3) is 3.23. The summed E-state index contributed by atoms with van der Waals surface area (Å²) in [7, 11) is 2.11. The normalized spacial score (nSPS) is 20.7. The van der Waals surface area contributed by atoms with Crippen molar-refractivity contribution in [3.8, 4) is 5.75 Å². The third-order valence-electron chi connectivity index (χ3n) is 3.25. The number of halogens is 1. The number of rotatable bonds is 2. The monoisotopic (exact) mass is 312 g/mol. The van der Waals surface area contributed by atoms with Crippen molar-refractivity contribution in [2.75, 3.05) is 20.1 Å². The number of carbonyl (C=O) groups excluding carboxylic acids is 1. The molecular weight excluding hydrogens is 296 g/mol. The second kappa shape index (κ2) is 5.71. The fourth-order valence-electron chi connectivity index (χ4n) is 2.46. The second-order valence-electron chi connectivity index (χ2n) is 4.70. The van der Waals surface area contributed by atoms with Crippen LogP contribution in [0.4, 0.5) is 4.79 Å². The Kier molecular flexibility index (Phi) is 4.24. The summed E-state index contributed by atoms with van der Waals surface area (Å²) < 4.78 is 6.08. The summed E-state index contributed by atoms with van der Waals surface area (Å²) in [6, 6.07) is 5.66. The lowest BCUT2D eigenvalue weighted by Crippen LogP contribution is -2.31. The quantitative estimate of drug-likeness (QED) is 0.913. The molecule has 0 radical (unpaired) electrons. The molecule has 0 saturated carbocycles. The third-order valence-corrected chi connectivity index (χ3v) is 3.74. The molecule has 0 spiro atoms. The average molecular weight is 313 g/mol. The highest BCUT2D eigenvalue weighted by atomic mass is 79.9. The summed E-state index contributed by atoms with van der Waals surface area (Å²) in [5.74, 6) is 0.960. The zero-order chi connectivity index (χ0) is 13.1. The molecule has 0 aromatic heterocycles. The molecule has 18 heavy (non-hydrogen) atoms. The van der Waals surface area contributed by atoms with E-state index >= 15 is 0 Å². The van der Waals surface area contributed by atoms with E-state index in [9.17, 15) is 4.79 Å². The first-order valence-corrected chi connectivity index (χ1v) is 6.81. The number of likely N-dealkylation sites (N-methyl/N-ethyl adjacent to an activating group) is 1. The predicted octanol–water partition coefficient (Wildman–Crippen LogP) is 2.72. The minimum absolute atomic E-state index is 0.385. The fourth-order valence-corrected chi connectivity index (χ4v) is 2.84. The Morgan fingerprint density at radius 1 is 1.56 bits per heavy atom. The van der Waals surface area contributed by atoms with Crippen LogP contribution in [0.15, 0.2) is 22.7 Å². The number of amides is 1. The Labute approximate surface area is 115 Å². The smallest absolute Gasteiger partial charge is 0.409 e. The Morgan fingerprint density at radius 2 is 2.33 bits per heavy atom. The summed E-state index contributed by atoms with van der Waals surface area (Å²) >= 11 is 3.46. The molecule has 1 heterocycles. The van der Waals surface area contributed by atoms with Crippen molar-refractivity contribution in [1.29, 1.82) is 0 Å². The van der Waals surface area contributed by atoms with Gasteiger partial charge < -0.3 is 15.4 Å². The number of primary amides is 1. The topological polar surface area (TPSA) is 55.6 Å². The van der Waals surface area contributed by atoms with Gasteiger partial charge in [-0.3, -0.25) is 0 Å².